The summed E-state index contributed by atoms with van der Waals surface area (Å²) in [4.78, 5) is 23.2. The molecular formula is C27H41N5O3S. The molecule has 8 nitrogen and oxygen atoms in total. The van der Waals surface area contributed by atoms with Crippen LogP contribution >= 0.6 is 12.2 Å². The first kappa shape index (κ1) is 27.0. The number of aromatic amines is 1. The van der Waals surface area contributed by atoms with Crippen LogP contribution in [-0.2, 0) is 16.0 Å². The van der Waals surface area contributed by atoms with E-state index in [4.69, 9.17) is 21.7 Å². The molecule has 1 aromatic heterocycles. The smallest absolute Gasteiger partial charge is 0.253 e. The second-order valence-corrected chi connectivity index (χ2v) is 10.3. The van der Waals surface area contributed by atoms with Crippen molar-refractivity contribution in [2.24, 2.45) is 0 Å². The summed E-state index contributed by atoms with van der Waals surface area (Å²) in [6, 6.07) is 6.22. The second kappa shape index (κ2) is 13.5. The molecule has 9 heteroatoms. The van der Waals surface area contributed by atoms with Gasteiger partial charge < -0.3 is 24.7 Å². The minimum absolute atomic E-state index is 0.0375. The molecule has 0 atom stereocenters. The van der Waals surface area contributed by atoms with Crippen molar-refractivity contribution in [1.29, 1.82) is 0 Å². The first-order valence-corrected chi connectivity index (χ1v) is 13.7. The predicted molar refractivity (Wildman–Crippen MR) is 149 cm³/mol. The van der Waals surface area contributed by atoms with Crippen LogP contribution in [0.5, 0.6) is 0 Å². The summed E-state index contributed by atoms with van der Waals surface area (Å²) in [6.45, 7) is 15.5. The molecule has 2 aliphatic heterocycles. The number of benzene rings is 1. The predicted octanol–water partition coefficient (Wildman–Crippen LogP) is 2.27. The standard InChI is InChI=1S/C27H41N5O3S/c1-21-5-6-23-19-24(26(33)29-25(23)22(21)2)20-32(10-4-9-31-13-17-35-18-14-31)27(36)28-7-3-8-30-11-15-34-16-12-30/h5-6,19H,3-4,7-18,20H2,1-2H3,(H,28,36)(H,29,33). The molecule has 4 rings (SSSR count). The van der Waals surface area contributed by atoms with Crippen LogP contribution in [0.25, 0.3) is 10.9 Å². The zero-order chi connectivity index (χ0) is 25.3. The number of rotatable bonds is 10. The van der Waals surface area contributed by atoms with Crippen LogP contribution in [0.2, 0.25) is 0 Å². The highest BCUT2D eigenvalue weighted by Crippen LogP contribution is 2.19. The summed E-state index contributed by atoms with van der Waals surface area (Å²) >= 11 is 5.83. The number of pyridine rings is 1. The number of aromatic nitrogens is 1. The van der Waals surface area contributed by atoms with Gasteiger partial charge in [0.2, 0.25) is 0 Å². The lowest BCUT2D eigenvalue weighted by Gasteiger charge is -2.30. The van der Waals surface area contributed by atoms with E-state index in [0.29, 0.717) is 6.54 Å². The van der Waals surface area contributed by atoms with Crippen molar-refractivity contribution in [3.8, 4) is 0 Å². The van der Waals surface area contributed by atoms with Gasteiger partial charge in [0.1, 0.15) is 0 Å². The maximum absolute atomic E-state index is 13.0. The molecule has 0 amide bonds. The third-order valence-electron chi connectivity index (χ3n) is 7.31. The van der Waals surface area contributed by atoms with Gasteiger partial charge in [-0.2, -0.15) is 0 Å². The first-order valence-electron chi connectivity index (χ1n) is 13.3. The molecule has 2 aliphatic rings. The Balaban J connectivity index is 1.39. The molecule has 0 spiro atoms. The third-order valence-corrected chi connectivity index (χ3v) is 7.72. The summed E-state index contributed by atoms with van der Waals surface area (Å²) in [5, 5.41) is 5.24. The molecule has 0 radical (unpaired) electrons. The van der Waals surface area contributed by atoms with Gasteiger partial charge >= 0.3 is 0 Å². The number of nitrogens with zero attached hydrogens (tertiary/aromatic N) is 3. The molecule has 2 saturated heterocycles. The van der Waals surface area contributed by atoms with E-state index in [0.717, 1.165) is 119 Å². The van der Waals surface area contributed by atoms with Crippen molar-refractivity contribution < 1.29 is 9.47 Å². The van der Waals surface area contributed by atoms with Crippen LogP contribution in [0.3, 0.4) is 0 Å². The lowest BCUT2D eigenvalue weighted by atomic mass is 10.0. The average molecular weight is 516 g/mol. The molecule has 198 valence electrons. The molecule has 3 heterocycles. The van der Waals surface area contributed by atoms with Gasteiger partial charge in [-0.3, -0.25) is 14.6 Å². The Kier molecular flexibility index (Phi) is 10.1. The Morgan fingerprint density at radius 1 is 1.03 bits per heavy atom. The van der Waals surface area contributed by atoms with Crippen molar-refractivity contribution in [1.82, 2.24) is 25.0 Å². The summed E-state index contributed by atoms with van der Waals surface area (Å²) in [5.74, 6) is 0. The number of thiocarbonyl (C=S) groups is 1. The zero-order valence-electron chi connectivity index (χ0n) is 21.8. The van der Waals surface area contributed by atoms with Gasteiger partial charge in [0.05, 0.1) is 38.5 Å². The lowest BCUT2D eigenvalue weighted by Crippen LogP contribution is -2.43. The Labute approximate surface area is 219 Å². The zero-order valence-corrected chi connectivity index (χ0v) is 22.6. The number of hydrogen-bond acceptors (Lipinski definition) is 6. The highest BCUT2D eigenvalue weighted by Gasteiger charge is 2.16. The topological polar surface area (TPSA) is 73.1 Å². The van der Waals surface area contributed by atoms with E-state index < -0.39 is 0 Å². The molecule has 2 N–H and O–H groups in total. The molecule has 0 saturated carbocycles. The van der Waals surface area contributed by atoms with E-state index in [2.05, 4.69) is 51.0 Å². The lowest BCUT2D eigenvalue weighted by molar-refractivity contribution is 0.0367. The molecule has 1 aromatic carbocycles. The summed E-state index contributed by atoms with van der Waals surface area (Å²) in [7, 11) is 0. The number of aryl methyl sites for hydroxylation is 2. The van der Waals surface area contributed by atoms with Crippen LogP contribution in [0, 0.1) is 13.8 Å². The van der Waals surface area contributed by atoms with Gasteiger partial charge in [-0.15, -0.1) is 0 Å². The quantitative estimate of drug-likeness (QED) is 0.369. The monoisotopic (exact) mass is 515 g/mol. The largest absolute Gasteiger partial charge is 0.379 e. The van der Waals surface area contributed by atoms with E-state index in [1.807, 2.05) is 6.07 Å². The molecule has 0 aliphatic carbocycles. The number of H-pyrrole nitrogens is 1. The number of nitrogens with one attached hydrogen (secondary N) is 2. The second-order valence-electron chi connectivity index (χ2n) is 9.86. The SMILES string of the molecule is Cc1ccc2cc(CN(CCCN3CCOCC3)C(=S)NCCCN3CCOCC3)c(=O)[nH]c2c1C. The van der Waals surface area contributed by atoms with Gasteiger partial charge in [-0.05, 0) is 68.0 Å². The van der Waals surface area contributed by atoms with Crippen molar-refractivity contribution in [3.63, 3.8) is 0 Å². The van der Waals surface area contributed by atoms with Gasteiger partial charge in [-0.1, -0.05) is 12.1 Å². The number of morpholine rings is 2. The van der Waals surface area contributed by atoms with E-state index >= 15 is 0 Å². The Bertz CT molecular complexity index is 1060. The third kappa shape index (κ3) is 7.49. The van der Waals surface area contributed by atoms with Crippen molar-refractivity contribution in [2.75, 3.05) is 78.8 Å². The van der Waals surface area contributed by atoms with Gasteiger partial charge in [0, 0.05) is 51.4 Å². The Morgan fingerprint density at radius 3 is 2.33 bits per heavy atom. The molecule has 2 aromatic rings. The molecule has 0 bridgehead atoms. The number of ether oxygens (including phenoxy) is 2. The van der Waals surface area contributed by atoms with E-state index in [-0.39, 0.29) is 5.56 Å². The van der Waals surface area contributed by atoms with Crippen molar-refractivity contribution >= 4 is 28.2 Å². The normalized spacial score (nSPS) is 17.4. The van der Waals surface area contributed by atoms with Crippen molar-refractivity contribution in [3.05, 3.63) is 45.2 Å². The highest BCUT2D eigenvalue weighted by atomic mass is 32.1. The average Bonchev–Trinajstić information content (AvgIpc) is 2.90. The molecular weight excluding hydrogens is 474 g/mol. The minimum atomic E-state index is -0.0375. The summed E-state index contributed by atoms with van der Waals surface area (Å²) in [5.41, 5.74) is 3.93. The summed E-state index contributed by atoms with van der Waals surface area (Å²) in [6.07, 6.45) is 2.01. The first-order chi connectivity index (χ1) is 17.5. The van der Waals surface area contributed by atoms with Gasteiger partial charge in [0.15, 0.2) is 5.11 Å². The minimum Gasteiger partial charge on any atom is -0.379 e. The molecule has 2 fully saturated rings. The summed E-state index contributed by atoms with van der Waals surface area (Å²) < 4.78 is 10.9. The Morgan fingerprint density at radius 2 is 1.67 bits per heavy atom. The van der Waals surface area contributed by atoms with Crippen LogP contribution in [0.15, 0.2) is 23.0 Å². The van der Waals surface area contributed by atoms with Crippen LogP contribution in [-0.4, -0.2) is 104 Å². The fourth-order valence-corrected chi connectivity index (χ4v) is 5.15. The fraction of sp³-hybridized carbons (Fsp3) is 0.630. The number of fused-ring (bicyclic) bond motifs is 1. The van der Waals surface area contributed by atoms with E-state index in [1.54, 1.807) is 0 Å². The van der Waals surface area contributed by atoms with E-state index in [9.17, 15) is 4.79 Å². The van der Waals surface area contributed by atoms with Crippen LogP contribution in [0.4, 0.5) is 0 Å². The maximum Gasteiger partial charge on any atom is 0.253 e. The van der Waals surface area contributed by atoms with Crippen LogP contribution in [0.1, 0.15) is 29.5 Å². The van der Waals surface area contributed by atoms with Gasteiger partial charge in [-0.25, -0.2) is 0 Å². The van der Waals surface area contributed by atoms with Crippen LogP contribution < -0.4 is 10.9 Å². The van der Waals surface area contributed by atoms with E-state index in [1.165, 1.54) is 5.56 Å². The van der Waals surface area contributed by atoms with Crippen molar-refractivity contribution in [2.45, 2.75) is 33.2 Å². The Hall–Kier alpha value is -2.04. The highest BCUT2D eigenvalue weighted by molar-refractivity contribution is 7.80. The molecule has 36 heavy (non-hydrogen) atoms. The molecule has 0 unspecified atom stereocenters. The fourth-order valence-electron chi connectivity index (χ4n) is 4.89. The van der Waals surface area contributed by atoms with Gasteiger partial charge in [0.25, 0.3) is 5.56 Å². The number of hydrogen-bond donors (Lipinski definition) is 2. The maximum atomic E-state index is 13.0.